The lowest BCUT2D eigenvalue weighted by atomic mass is 9.98. The van der Waals surface area contributed by atoms with E-state index < -0.39 is 0 Å². The summed E-state index contributed by atoms with van der Waals surface area (Å²) in [6.07, 6.45) is 3.51. The number of nitrogens with one attached hydrogen (secondary N) is 1. The van der Waals surface area contributed by atoms with Crippen LogP contribution in [0.4, 0.5) is 0 Å². The maximum Gasteiger partial charge on any atom is 0.254 e. The standard InChI is InChI=1S/C14H18N4O/c1-9-6-12(15)4-5-18(9)14(19)10-2-3-11-8-16-17-13(11)7-10/h2-3,7-9,12H,4-6,15H2,1H3,(H,16,17). The Balaban J connectivity index is 1.86. The number of carbonyl (C=O) groups excluding carboxylic acids is 1. The average molecular weight is 258 g/mol. The molecule has 0 aliphatic carbocycles. The molecule has 3 rings (SSSR count). The van der Waals surface area contributed by atoms with Gasteiger partial charge in [0.05, 0.1) is 11.7 Å². The zero-order valence-corrected chi connectivity index (χ0v) is 11.0. The molecule has 5 heteroatoms. The fourth-order valence-electron chi connectivity index (χ4n) is 2.75. The van der Waals surface area contributed by atoms with Crippen LogP contribution >= 0.6 is 0 Å². The molecule has 5 nitrogen and oxygen atoms in total. The van der Waals surface area contributed by atoms with Crippen LogP contribution in [0.15, 0.2) is 24.4 Å². The number of amides is 1. The number of benzene rings is 1. The van der Waals surface area contributed by atoms with Crippen molar-refractivity contribution in [3.05, 3.63) is 30.0 Å². The smallest absolute Gasteiger partial charge is 0.254 e. The Morgan fingerprint density at radius 1 is 1.53 bits per heavy atom. The molecule has 2 atom stereocenters. The van der Waals surface area contributed by atoms with E-state index in [0.717, 1.165) is 30.3 Å². The molecular formula is C14H18N4O. The SMILES string of the molecule is CC1CC(N)CCN1C(=O)c1ccc2cn[nH]c2c1. The van der Waals surface area contributed by atoms with Crippen molar-refractivity contribution in [1.82, 2.24) is 15.1 Å². The van der Waals surface area contributed by atoms with Crippen molar-refractivity contribution in [2.75, 3.05) is 6.54 Å². The second kappa shape index (κ2) is 4.66. The molecule has 1 saturated heterocycles. The van der Waals surface area contributed by atoms with Gasteiger partial charge in [-0.2, -0.15) is 5.10 Å². The highest BCUT2D eigenvalue weighted by Gasteiger charge is 2.27. The minimum Gasteiger partial charge on any atom is -0.336 e. The van der Waals surface area contributed by atoms with E-state index in [1.807, 2.05) is 23.1 Å². The van der Waals surface area contributed by atoms with Crippen molar-refractivity contribution in [2.45, 2.75) is 31.8 Å². The molecule has 0 radical (unpaired) electrons. The molecule has 2 aromatic rings. The first-order valence-electron chi connectivity index (χ1n) is 6.65. The lowest BCUT2D eigenvalue weighted by molar-refractivity contribution is 0.0619. The van der Waals surface area contributed by atoms with Crippen molar-refractivity contribution in [3.8, 4) is 0 Å². The van der Waals surface area contributed by atoms with Gasteiger partial charge in [0.25, 0.3) is 5.91 Å². The third kappa shape index (κ3) is 2.21. The molecule has 1 aliphatic heterocycles. The number of hydrogen-bond acceptors (Lipinski definition) is 3. The third-order valence-electron chi connectivity index (χ3n) is 3.87. The maximum atomic E-state index is 12.5. The molecule has 0 spiro atoms. The lowest BCUT2D eigenvalue weighted by Crippen LogP contribution is -2.48. The van der Waals surface area contributed by atoms with Crippen LogP contribution in [-0.2, 0) is 0 Å². The minimum atomic E-state index is 0.0795. The summed E-state index contributed by atoms with van der Waals surface area (Å²) in [4.78, 5) is 14.5. The summed E-state index contributed by atoms with van der Waals surface area (Å²) < 4.78 is 0. The average Bonchev–Trinajstić information content (AvgIpc) is 2.85. The Morgan fingerprint density at radius 3 is 3.16 bits per heavy atom. The number of H-pyrrole nitrogens is 1. The zero-order chi connectivity index (χ0) is 13.4. The number of aromatic nitrogens is 2. The van der Waals surface area contributed by atoms with E-state index in [0.29, 0.717) is 5.56 Å². The van der Waals surface area contributed by atoms with Crippen molar-refractivity contribution < 1.29 is 4.79 Å². The van der Waals surface area contributed by atoms with Gasteiger partial charge in [-0.25, -0.2) is 0 Å². The van der Waals surface area contributed by atoms with Gasteiger partial charge in [0, 0.05) is 29.6 Å². The molecule has 2 heterocycles. The van der Waals surface area contributed by atoms with Crippen LogP contribution in [0.3, 0.4) is 0 Å². The minimum absolute atomic E-state index is 0.0795. The summed E-state index contributed by atoms with van der Waals surface area (Å²) in [7, 11) is 0. The van der Waals surface area contributed by atoms with Gasteiger partial charge in [-0.3, -0.25) is 9.89 Å². The van der Waals surface area contributed by atoms with Crippen molar-refractivity contribution in [2.24, 2.45) is 5.73 Å². The molecule has 1 amide bonds. The van der Waals surface area contributed by atoms with Gasteiger partial charge in [-0.05, 0) is 31.9 Å². The van der Waals surface area contributed by atoms with Gasteiger partial charge in [0.2, 0.25) is 0 Å². The van der Waals surface area contributed by atoms with Crippen LogP contribution in [0.5, 0.6) is 0 Å². The molecule has 0 saturated carbocycles. The second-order valence-electron chi connectivity index (χ2n) is 5.30. The summed E-state index contributed by atoms with van der Waals surface area (Å²) >= 11 is 0. The molecule has 1 aromatic heterocycles. The topological polar surface area (TPSA) is 75.0 Å². The summed E-state index contributed by atoms with van der Waals surface area (Å²) in [5, 5.41) is 7.89. The lowest BCUT2D eigenvalue weighted by Gasteiger charge is -2.36. The molecule has 2 unspecified atom stereocenters. The second-order valence-corrected chi connectivity index (χ2v) is 5.30. The van der Waals surface area contributed by atoms with Crippen molar-refractivity contribution in [3.63, 3.8) is 0 Å². The van der Waals surface area contributed by atoms with Crippen molar-refractivity contribution in [1.29, 1.82) is 0 Å². The van der Waals surface area contributed by atoms with Crippen LogP contribution in [0.2, 0.25) is 0 Å². The summed E-state index contributed by atoms with van der Waals surface area (Å²) in [5.41, 5.74) is 7.54. The predicted molar refractivity (Wildman–Crippen MR) is 73.8 cm³/mol. The number of piperidine rings is 1. The zero-order valence-electron chi connectivity index (χ0n) is 11.0. The first-order valence-corrected chi connectivity index (χ1v) is 6.65. The van der Waals surface area contributed by atoms with E-state index in [2.05, 4.69) is 17.1 Å². The molecule has 0 bridgehead atoms. The van der Waals surface area contributed by atoms with E-state index in [1.165, 1.54) is 0 Å². The Morgan fingerprint density at radius 2 is 2.37 bits per heavy atom. The first-order chi connectivity index (χ1) is 9.15. The number of rotatable bonds is 1. The Labute approximate surface area is 111 Å². The molecular weight excluding hydrogens is 240 g/mol. The molecule has 1 fully saturated rings. The summed E-state index contributed by atoms with van der Waals surface area (Å²) in [6, 6.07) is 6.07. The van der Waals surface area contributed by atoms with E-state index >= 15 is 0 Å². The molecule has 1 aromatic carbocycles. The predicted octanol–water partition coefficient (Wildman–Crippen LogP) is 1.51. The monoisotopic (exact) mass is 258 g/mol. The number of nitrogens with two attached hydrogens (primary N) is 1. The van der Waals surface area contributed by atoms with E-state index in [1.54, 1.807) is 6.20 Å². The molecule has 1 aliphatic rings. The number of fused-ring (bicyclic) bond motifs is 1. The highest BCUT2D eigenvalue weighted by Crippen LogP contribution is 2.20. The van der Waals surface area contributed by atoms with Gasteiger partial charge in [-0.1, -0.05) is 6.07 Å². The van der Waals surface area contributed by atoms with E-state index in [9.17, 15) is 4.79 Å². The number of hydrogen-bond donors (Lipinski definition) is 2. The Hall–Kier alpha value is -1.88. The van der Waals surface area contributed by atoms with Gasteiger partial charge in [-0.15, -0.1) is 0 Å². The first kappa shape index (κ1) is 12.2. The number of aromatic amines is 1. The van der Waals surface area contributed by atoms with Crippen LogP contribution < -0.4 is 5.73 Å². The van der Waals surface area contributed by atoms with Gasteiger partial charge in [0.15, 0.2) is 0 Å². The quantitative estimate of drug-likeness (QED) is 0.814. The van der Waals surface area contributed by atoms with E-state index in [4.69, 9.17) is 5.73 Å². The number of likely N-dealkylation sites (tertiary alicyclic amines) is 1. The van der Waals surface area contributed by atoms with E-state index in [-0.39, 0.29) is 18.0 Å². The van der Waals surface area contributed by atoms with Gasteiger partial charge in [0.1, 0.15) is 0 Å². The Bertz CT molecular complexity index is 606. The Kier molecular flexibility index (Phi) is 2.98. The van der Waals surface area contributed by atoms with Crippen LogP contribution in [0.25, 0.3) is 10.9 Å². The molecule has 19 heavy (non-hydrogen) atoms. The maximum absolute atomic E-state index is 12.5. The third-order valence-corrected chi connectivity index (χ3v) is 3.87. The highest BCUT2D eigenvalue weighted by molar-refractivity contribution is 5.97. The number of nitrogens with zero attached hydrogens (tertiary/aromatic N) is 2. The fourth-order valence-corrected chi connectivity index (χ4v) is 2.75. The normalized spacial score (nSPS) is 23.8. The number of carbonyl (C=O) groups is 1. The van der Waals surface area contributed by atoms with Crippen LogP contribution in [0, 0.1) is 0 Å². The van der Waals surface area contributed by atoms with Crippen LogP contribution in [-0.4, -0.2) is 39.6 Å². The molecule has 3 N–H and O–H groups in total. The fraction of sp³-hybridized carbons (Fsp3) is 0.429. The molecule has 100 valence electrons. The van der Waals surface area contributed by atoms with Gasteiger partial charge >= 0.3 is 0 Å². The summed E-state index contributed by atoms with van der Waals surface area (Å²) in [5.74, 6) is 0.0795. The summed E-state index contributed by atoms with van der Waals surface area (Å²) in [6.45, 7) is 2.80. The van der Waals surface area contributed by atoms with Crippen LogP contribution in [0.1, 0.15) is 30.1 Å². The van der Waals surface area contributed by atoms with Gasteiger partial charge < -0.3 is 10.6 Å². The highest BCUT2D eigenvalue weighted by atomic mass is 16.2. The van der Waals surface area contributed by atoms with Crippen molar-refractivity contribution >= 4 is 16.8 Å². The largest absolute Gasteiger partial charge is 0.336 e.